The van der Waals surface area contributed by atoms with Crippen molar-refractivity contribution in [2.45, 2.75) is 65.7 Å². The zero-order chi connectivity index (χ0) is 37.0. The summed E-state index contributed by atoms with van der Waals surface area (Å²) < 4.78 is 361. The number of phenolic OH excluding ortho intramolecular Hbond substituents is 1. The molecule has 1 aromatic carbocycles. The molecule has 0 amide bonds. The van der Waals surface area contributed by atoms with Crippen LogP contribution in [-0.4, -0.2) is 58.7 Å². The van der Waals surface area contributed by atoms with Gasteiger partial charge in [0, 0.05) is 0 Å². The van der Waals surface area contributed by atoms with E-state index in [1.807, 2.05) is 0 Å². The molecule has 0 aliphatic rings. The number of aromatic hydroxyl groups is 1. The molecular formula is C17HF27O. The van der Waals surface area contributed by atoms with Crippen molar-refractivity contribution in [3.05, 3.63) is 28.6 Å². The number of alkyl halides is 24. The van der Waals surface area contributed by atoms with E-state index in [0.29, 0.717) is 0 Å². The van der Waals surface area contributed by atoms with Crippen LogP contribution in [0.4, 0.5) is 119 Å². The van der Waals surface area contributed by atoms with Crippen molar-refractivity contribution >= 4 is 0 Å². The van der Waals surface area contributed by atoms with Crippen molar-refractivity contribution in [3.8, 4) is 5.75 Å². The topological polar surface area (TPSA) is 20.2 Å². The molecule has 0 heterocycles. The average Bonchev–Trinajstić information content (AvgIpc) is 2.81. The van der Waals surface area contributed by atoms with E-state index in [9.17, 15) is 119 Å². The van der Waals surface area contributed by atoms with E-state index in [2.05, 4.69) is 0 Å². The van der Waals surface area contributed by atoms with Gasteiger partial charge < -0.3 is 5.11 Å². The van der Waals surface area contributed by atoms with E-state index in [1.54, 1.807) is 0 Å². The lowest BCUT2D eigenvalue weighted by Crippen LogP contribution is -2.76. The molecule has 28 heteroatoms. The molecule has 0 fully saturated rings. The summed E-state index contributed by atoms with van der Waals surface area (Å²) in [4.78, 5) is 0. The summed E-state index contributed by atoms with van der Waals surface area (Å²) >= 11 is 0. The van der Waals surface area contributed by atoms with Crippen LogP contribution in [0.3, 0.4) is 0 Å². The van der Waals surface area contributed by atoms with Crippen molar-refractivity contribution in [1.29, 1.82) is 0 Å². The fourth-order valence-electron chi connectivity index (χ4n) is 2.94. The van der Waals surface area contributed by atoms with Crippen molar-refractivity contribution in [1.82, 2.24) is 0 Å². The van der Waals surface area contributed by atoms with E-state index in [0.717, 1.165) is 0 Å². The van der Waals surface area contributed by atoms with Crippen LogP contribution in [0.25, 0.3) is 0 Å². The summed E-state index contributed by atoms with van der Waals surface area (Å²) in [5, 5.41) is 8.90. The number of halogens is 27. The highest BCUT2D eigenvalue weighted by Gasteiger charge is 2.98. The zero-order valence-corrected chi connectivity index (χ0v) is 19.2. The first kappa shape index (κ1) is 40.2. The molecular weight excluding hydrogens is 733 g/mol. The van der Waals surface area contributed by atoms with E-state index >= 15 is 0 Å². The Kier molecular flexibility index (Phi) is 8.98. The zero-order valence-electron chi connectivity index (χ0n) is 19.2. The van der Waals surface area contributed by atoms with Gasteiger partial charge in [0.1, 0.15) is 5.56 Å². The van der Waals surface area contributed by atoms with Gasteiger partial charge in [-0.1, -0.05) is 0 Å². The highest BCUT2D eigenvalue weighted by molar-refractivity contribution is 5.48. The van der Waals surface area contributed by atoms with Gasteiger partial charge in [-0.2, -0.15) is 110 Å². The van der Waals surface area contributed by atoms with Crippen LogP contribution in [0.1, 0.15) is 11.1 Å². The van der Waals surface area contributed by atoms with Gasteiger partial charge in [0.15, 0.2) is 17.4 Å². The summed E-state index contributed by atoms with van der Waals surface area (Å²) in [5.41, 5.74) is -9.33. The largest absolute Gasteiger partial charge is 0.504 e. The van der Waals surface area contributed by atoms with E-state index < -0.39 is 100.0 Å². The monoisotopic (exact) mass is 734 g/mol. The Morgan fingerprint density at radius 2 is 0.578 bits per heavy atom. The van der Waals surface area contributed by atoms with Crippen LogP contribution >= 0.6 is 0 Å². The first-order valence-corrected chi connectivity index (χ1v) is 9.58. The number of phenols is 1. The van der Waals surface area contributed by atoms with E-state index in [4.69, 9.17) is 5.11 Å². The minimum atomic E-state index is -9.66. The third kappa shape index (κ3) is 4.83. The summed E-state index contributed by atoms with van der Waals surface area (Å²) in [7, 11) is 0. The first-order valence-electron chi connectivity index (χ1n) is 9.58. The second kappa shape index (κ2) is 10.1. The first-order chi connectivity index (χ1) is 19.1. The molecule has 0 aromatic heterocycles. The molecule has 1 aromatic rings. The third-order valence-electron chi connectivity index (χ3n) is 5.41. The molecule has 45 heavy (non-hydrogen) atoms. The molecule has 0 saturated carbocycles. The Morgan fingerprint density at radius 1 is 0.311 bits per heavy atom. The van der Waals surface area contributed by atoms with Crippen LogP contribution in [0.15, 0.2) is 0 Å². The predicted molar refractivity (Wildman–Crippen MR) is 82.5 cm³/mol. The molecule has 0 bridgehead atoms. The van der Waals surface area contributed by atoms with E-state index in [-0.39, 0.29) is 0 Å². The minimum absolute atomic E-state index is 3.77. The maximum absolute atomic E-state index is 14.3. The van der Waals surface area contributed by atoms with Crippen molar-refractivity contribution in [2.75, 3.05) is 0 Å². The lowest BCUT2D eigenvalue weighted by Gasteiger charge is -2.44. The van der Waals surface area contributed by atoms with Gasteiger partial charge in [-0.25, -0.2) is 8.78 Å². The average molecular weight is 734 g/mol. The molecule has 0 aliphatic heterocycles. The summed E-state index contributed by atoms with van der Waals surface area (Å²) in [6.45, 7) is 0. The Hall–Kier alpha value is -2.87. The summed E-state index contributed by atoms with van der Waals surface area (Å²) in [6, 6.07) is 0. The molecule has 0 spiro atoms. The predicted octanol–water partition coefficient (Wildman–Crippen LogP) is 9.56. The highest BCUT2D eigenvalue weighted by Crippen LogP contribution is 2.67. The van der Waals surface area contributed by atoms with Gasteiger partial charge in [-0.15, -0.1) is 0 Å². The number of rotatable bonds is 9. The van der Waals surface area contributed by atoms with Crippen LogP contribution in [0.5, 0.6) is 5.75 Å². The summed E-state index contributed by atoms with van der Waals surface area (Å²) in [6.07, 6.45) is -15.5. The maximum atomic E-state index is 14.3. The summed E-state index contributed by atoms with van der Waals surface area (Å²) in [5.74, 6) is -99.2. The molecule has 1 nitrogen and oxygen atoms in total. The highest BCUT2D eigenvalue weighted by atomic mass is 19.4. The van der Waals surface area contributed by atoms with E-state index in [1.165, 1.54) is 0 Å². The van der Waals surface area contributed by atoms with Gasteiger partial charge in [0.05, 0.1) is 5.56 Å². The van der Waals surface area contributed by atoms with Crippen molar-refractivity contribution in [3.63, 3.8) is 0 Å². The number of benzene rings is 1. The Balaban J connectivity index is 4.15. The molecule has 1 rings (SSSR count). The van der Waals surface area contributed by atoms with Gasteiger partial charge >= 0.3 is 65.7 Å². The quantitative estimate of drug-likeness (QED) is 0.198. The molecule has 0 radical (unpaired) electrons. The van der Waals surface area contributed by atoms with Gasteiger partial charge in [0.2, 0.25) is 5.82 Å². The van der Waals surface area contributed by atoms with Gasteiger partial charge in [0.25, 0.3) is 0 Å². The van der Waals surface area contributed by atoms with Crippen LogP contribution in [0, 0.1) is 17.5 Å². The molecule has 0 atom stereocenters. The Labute approximate surface area is 225 Å². The Bertz CT molecular complexity index is 1300. The fraction of sp³-hybridized carbons (Fsp3) is 0.647. The van der Waals surface area contributed by atoms with Crippen molar-refractivity contribution in [2.24, 2.45) is 0 Å². The second-order valence-corrected chi connectivity index (χ2v) is 8.21. The normalized spacial score (nSPS) is 16.0. The maximum Gasteiger partial charge on any atom is 0.460 e. The third-order valence-corrected chi connectivity index (χ3v) is 5.41. The number of hydrogen-bond acceptors (Lipinski definition) is 1. The molecule has 0 aliphatic carbocycles. The smallest absolute Gasteiger partial charge is 0.460 e. The van der Waals surface area contributed by atoms with Crippen LogP contribution in [0.2, 0.25) is 0 Å². The molecule has 264 valence electrons. The number of hydrogen-bond donors (Lipinski definition) is 1. The molecule has 0 unspecified atom stereocenters. The van der Waals surface area contributed by atoms with Gasteiger partial charge in [-0.05, 0) is 0 Å². The fourth-order valence-corrected chi connectivity index (χ4v) is 2.94. The van der Waals surface area contributed by atoms with Crippen LogP contribution in [-0.2, 0) is 12.1 Å². The molecule has 0 saturated heterocycles. The van der Waals surface area contributed by atoms with Crippen LogP contribution < -0.4 is 0 Å². The standard InChI is InChI=1S/C17HF27O/c18-3-1(8(23,24)25)2(6(45)5(20)4(3)19)7(21,22)9(26,27)10(28,29)11(30,31)12(32,33)13(34,35)14(36,37)15(38,39)16(40,41)17(42,43)44/h45H. The lowest BCUT2D eigenvalue weighted by atomic mass is 9.84. The second-order valence-electron chi connectivity index (χ2n) is 8.21. The molecule has 1 N–H and O–H groups in total. The van der Waals surface area contributed by atoms with Gasteiger partial charge in [-0.3, -0.25) is 0 Å². The Morgan fingerprint density at radius 3 is 0.844 bits per heavy atom. The SMILES string of the molecule is Oc1c(F)c(F)c(F)c(C(F)(F)F)c1C(F)(F)C(F)(F)C(F)(F)C(F)(F)C(F)(F)C(F)(F)C(F)(F)C(F)(F)C(F)(F)C(F)(F)F. The van der Waals surface area contributed by atoms with Crippen molar-refractivity contribution < 1.29 is 124 Å². The lowest BCUT2D eigenvalue weighted by molar-refractivity contribution is -0.475. The minimum Gasteiger partial charge on any atom is -0.504 e.